The number of nitrogens with two attached hydrogens (primary N) is 1. The SMILES string of the molecule is CC(C)(C)OC(=O)NCc1cccc(C(CC/C=C/c2ccc(C=O)c(O)c2)CCNC=O)c1.CN. The van der Waals surface area contributed by atoms with E-state index in [1.54, 1.807) is 18.2 Å². The minimum absolute atomic E-state index is 0.0354. The van der Waals surface area contributed by atoms with Crippen LogP contribution in [0.2, 0.25) is 0 Å². The van der Waals surface area contributed by atoms with Crippen molar-refractivity contribution >= 4 is 24.9 Å². The number of allylic oxidation sites excluding steroid dienone is 1. The molecule has 5 N–H and O–H groups in total. The van der Waals surface area contributed by atoms with Crippen molar-refractivity contribution in [3.05, 3.63) is 70.8 Å². The van der Waals surface area contributed by atoms with Gasteiger partial charge in [0.1, 0.15) is 11.4 Å². The quantitative estimate of drug-likeness (QED) is 0.252. The molecule has 196 valence electrons. The van der Waals surface area contributed by atoms with Gasteiger partial charge in [-0.1, -0.05) is 42.5 Å². The van der Waals surface area contributed by atoms with E-state index in [1.165, 1.54) is 7.05 Å². The topological polar surface area (TPSA) is 131 Å². The summed E-state index contributed by atoms with van der Waals surface area (Å²) in [4.78, 5) is 33.5. The van der Waals surface area contributed by atoms with Crippen LogP contribution < -0.4 is 16.4 Å². The number of alkyl carbamates (subject to hydrolysis) is 1. The number of aldehydes is 1. The second kappa shape index (κ2) is 16.1. The van der Waals surface area contributed by atoms with E-state index in [-0.39, 0.29) is 17.2 Å². The van der Waals surface area contributed by atoms with Crippen LogP contribution in [-0.4, -0.2) is 43.1 Å². The van der Waals surface area contributed by atoms with E-state index in [0.717, 1.165) is 36.0 Å². The van der Waals surface area contributed by atoms with E-state index in [0.29, 0.717) is 25.8 Å². The molecule has 0 bridgehead atoms. The molecule has 0 aliphatic carbocycles. The number of nitrogens with one attached hydrogen (secondary N) is 2. The van der Waals surface area contributed by atoms with Gasteiger partial charge in [-0.05, 0) is 81.8 Å². The van der Waals surface area contributed by atoms with Crippen LogP contribution in [0.1, 0.15) is 73.0 Å². The zero-order chi connectivity index (χ0) is 27.0. The molecule has 2 rings (SSSR count). The van der Waals surface area contributed by atoms with Gasteiger partial charge >= 0.3 is 6.09 Å². The number of ether oxygens (including phenoxy) is 1. The fourth-order valence-electron chi connectivity index (χ4n) is 3.52. The maximum absolute atomic E-state index is 12.0. The van der Waals surface area contributed by atoms with E-state index < -0.39 is 11.7 Å². The van der Waals surface area contributed by atoms with E-state index in [2.05, 4.69) is 28.5 Å². The van der Waals surface area contributed by atoms with Crippen molar-refractivity contribution in [2.45, 2.75) is 58.1 Å². The average molecular weight is 498 g/mol. The minimum Gasteiger partial charge on any atom is -0.507 e. The molecule has 0 saturated carbocycles. The second-order valence-electron chi connectivity index (χ2n) is 9.07. The molecule has 2 amide bonds. The smallest absolute Gasteiger partial charge is 0.407 e. The Morgan fingerprint density at radius 2 is 1.86 bits per heavy atom. The molecular weight excluding hydrogens is 458 g/mol. The van der Waals surface area contributed by atoms with E-state index >= 15 is 0 Å². The summed E-state index contributed by atoms with van der Waals surface area (Å²) in [5.74, 6) is 0.177. The van der Waals surface area contributed by atoms with Gasteiger partial charge in [-0.25, -0.2) is 4.79 Å². The van der Waals surface area contributed by atoms with Crippen LogP contribution in [0.5, 0.6) is 5.75 Å². The van der Waals surface area contributed by atoms with Gasteiger partial charge in [0.05, 0.1) is 5.56 Å². The average Bonchev–Trinajstić information content (AvgIpc) is 2.85. The van der Waals surface area contributed by atoms with Gasteiger partial charge in [0.25, 0.3) is 0 Å². The molecular formula is C28H39N3O5. The molecule has 8 heteroatoms. The lowest BCUT2D eigenvalue weighted by molar-refractivity contribution is -0.109. The Kier molecular flexibility index (Phi) is 13.6. The fourth-order valence-corrected chi connectivity index (χ4v) is 3.52. The minimum atomic E-state index is -0.550. The molecule has 0 saturated heterocycles. The zero-order valence-corrected chi connectivity index (χ0v) is 21.6. The third-order valence-corrected chi connectivity index (χ3v) is 5.15. The maximum atomic E-state index is 12.0. The van der Waals surface area contributed by atoms with Gasteiger partial charge in [0.2, 0.25) is 6.41 Å². The summed E-state index contributed by atoms with van der Waals surface area (Å²) < 4.78 is 5.29. The van der Waals surface area contributed by atoms with Crippen LogP contribution in [0, 0.1) is 0 Å². The summed E-state index contributed by atoms with van der Waals surface area (Å²) in [6.45, 7) is 6.40. The van der Waals surface area contributed by atoms with E-state index in [4.69, 9.17) is 4.74 Å². The fraction of sp³-hybridized carbons (Fsp3) is 0.393. The van der Waals surface area contributed by atoms with Gasteiger partial charge in [-0.3, -0.25) is 9.59 Å². The number of phenolic OH excluding ortho intramolecular Hbond substituents is 1. The van der Waals surface area contributed by atoms with Crippen molar-refractivity contribution in [1.82, 2.24) is 10.6 Å². The summed E-state index contributed by atoms with van der Waals surface area (Å²) >= 11 is 0. The lowest BCUT2D eigenvalue weighted by Gasteiger charge is -2.20. The van der Waals surface area contributed by atoms with Crippen LogP contribution in [0.4, 0.5) is 4.79 Å². The predicted molar refractivity (Wildman–Crippen MR) is 143 cm³/mol. The second-order valence-corrected chi connectivity index (χ2v) is 9.07. The van der Waals surface area contributed by atoms with E-state index in [1.807, 2.05) is 45.1 Å². The number of phenols is 1. The highest BCUT2D eigenvalue weighted by molar-refractivity contribution is 5.79. The van der Waals surface area contributed by atoms with Crippen molar-refractivity contribution in [2.75, 3.05) is 13.6 Å². The number of carbonyl (C=O) groups excluding carboxylic acids is 3. The molecule has 0 spiro atoms. The van der Waals surface area contributed by atoms with Gasteiger partial charge in [-0.15, -0.1) is 0 Å². The van der Waals surface area contributed by atoms with Crippen molar-refractivity contribution < 1.29 is 24.2 Å². The summed E-state index contributed by atoms with van der Waals surface area (Å²) in [5, 5.41) is 15.3. The summed E-state index contributed by atoms with van der Waals surface area (Å²) in [7, 11) is 1.50. The molecule has 36 heavy (non-hydrogen) atoms. The lowest BCUT2D eigenvalue weighted by atomic mass is 9.90. The van der Waals surface area contributed by atoms with Gasteiger partial charge < -0.3 is 26.2 Å². The number of aromatic hydroxyl groups is 1. The molecule has 0 fully saturated rings. The molecule has 2 aromatic carbocycles. The normalized spacial score (nSPS) is 11.7. The Labute approximate surface area is 213 Å². The first-order valence-electron chi connectivity index (χ1n) is 12.0. The van der Waals surface area contributed by atoms with Crippen LogP contribution in [0.25, 0.3) is 6.08 Å². The van der Waals surface area contributed by atoms with Crippen LogP contribution in [0.15, 0.2) is 48.5 Å². The molecule has 0 radical (unpaired) electrons. The number of hydrogen-bond acceptors (Lipinski definition) is 6. The number of amides is 2. The van der Waals surface area contributed by atoms with Crippen molar-refractivity contribution in [3.8, 4) is 5.75 Å². The molecule has 0 aliphatic rings. The molecule has 1 unspecified atom stereocenters. The van der Waals surface area contributed by atoms with Crippen LogP contribution >= 0.6 is 0 Å². The standard InChI is InChI=1S/C27H34N2O5.CH5N/c1-27(2,3)34-26(33)29-17-21-8-6-10-23(15-21)22(13-14-28-19-31)9-5-4-7-20-11-12-24(18-30)25(32)16-20;1-2/h4,6-8,10-12,15-16,18-19,22,32H,5,9,13-14,17H2,1-3H3,(H,28,31)(H,29,33);2H2,1H3/b7-4+;. The molecule has 0 aliphatic heterocycles. The lowest BCUT2D eigenvalue weighted by Crippen LogP contribution is -2.32. The third-order valence-electron chi connectivity index (χ3n) is 5.15. The Morgan fingerprint density at radius 1 is 1.11 bits per heavy atom. The summed E-state index contributed by atoms with van der Waals surface area (Å²) in [6, 6.07) is 13.0. The Hall–Kier alpha value is -3.65. The van der Waals surface area contributed by atoms with Gasteiger partial charge in [0.15, 0.2) is 6.29 Å². The molecule has 1 atom stereocenters. The first-order valence-corrected chi connectivity index (χ1v) is 12.0. The number of hydrogen-bond donors (Lipinski definition) is 4. The van der Waals surface area contributed by atoms with Crippen molar-refractivity contribution in [2.24, 2.45) is 5.73 Å². The molecule has 2 aromatic rings. The Bertz CT molecular complexity index is 999. The van der Waals surface area contributed by atoms with E-state index in [9.17, 15) is 19.5 Å². The highest BCUT2D eigenvalue weighted by atomic mass is 16.6. The summed E-state index contributed by atoms with van der Waals surface area (Å²) in [6.07, 6.45) is 7.25. The monoisotopic (exact) mass is 497 g/mol. The highest BCUT2D eigenvalue weighted by Gasteiger charge is 2.16. The zero-order valence-electron chi connectivity index (χ0n) is 21.6. The van der Waals surface area contributed by atoms with Crippen LogP contribution in [-0.2, 0) is 16.1 Å². The maximum Gasteiger partial charge on any atom is 0.407 e. The van der Waals surface area contributed by atoms with Gasteiger partial charge in [0, 0.05) is 13.1 Å². The highest BCUT2D eigenvalue weighted by Crippen LogP contribution is 2.26. The number of benzene rings is 2. The third kappa shape index (κ3) is 11.7. The van der Waals surface area contributed by atoms with Gasteiger partial charge in [-0.2, -0.15) is 0 Å². The van der Waals surface area contributed by atoms with Crippen molar-refractivity contribution in [3.63, 3.8) is 0 Å². The first kappa shape index (κ1) is 30.4. The molecule has 8 nitrogen and oxygen atoms in total. The Balaban J connectivity index is 0.00000316. The Morgan fingerprint density at radius 3 is 2.50 bits per heavy atom. The predicted octanol–water partition coefficient (Wildman–Crippen LogP) is 4.52. The number of carbonyl (C=O) groups is 3. The van der Waals surface area contributed by atoms with Crippen molar-refractivity contribution in [1.29, 1.82) is 0 Å². The first-order chi connectivity index (χ1) is 17.2. The van der Waals surface area contributed by atoms with Crippen LogP contribution in [0.3, 0.4) is 0 Å². The summed E-state index contributed by atoms with van der Waals surface area (Å²) in [5.41, 5.74) is 7.14. The molecule has 0 heterocycles. The largest absolute Gasteiger partial charge is 0.507 e. The number of rotatable bonds is 12. The molecule has 0 aromatic heterocycles.